The molecule has 4 N–H and O–H groups in total. The molecule has 0 bridgehead atoms. The molecule has 0 aliphatic carbocycles. The Labute approximate surface area is 312 Å². The highest BCUT2D eigenvalue weighted by molar-refractivity contribution is 6.01. The van der Waals surface area contributed by atoms with Gasteiger partial charge in [0.1, 0.15) is 18.2 Å². The van der Waals surface area contributed by atoms with Gasteiger partial charge in [-0.1, -0.05) is 170 Å². The van der Waals surface area contributed by atoms with Crippen molar-refractivity contribution in [3.05, 3.63) is 192 Å². The molecule has 262 valence electrons. The van der Waals surface area contributed by atoms with Gasteiger partial charge in [0, 0.05) is 11.6 Å². The van der Waals surface area contributed by atoms with E-state index in [1.807, 2.05) is 7.05 Å². The zero-order valence-electron chi connectivity index (χ0n) is 30.4. The van der Waals surface area contributed by atoms with Crippen LogP contribution in [0.5, 0.6) is 0 Å². The Balaban J connectivity index is 1.12. The molecule has 0 fully saturated rings. The molecule has 5 heteroatoms. The Bertz CT molecular complexity index is 2380. The first kappa shape index (κ1) is 34.2. The highest BCUT2D eigenvalue weighted by Gasteiger charge is 2.26. The van der Waals surface area contributed by atoms with Crippen molar-refractivity contribution in [2.24, 2.45) is 4.99 Å². The van der Waals surface area contributed by atoms with Crippen molar-refractivity contribution in [2.45, 2.75) is 38.4 Å². The van der Waals surface area contributed by atoms with Crippen molar-refractivity contribution in [2.75, 3.05) is 7.05 Å². The van der Waals surface area contributed by atoms with Gasteiger partial charge in [0.2, 0.25) is 0 Å². The van der Waals surface area contributed by atoms with Crippen LogP contribution < -0.4 is 21.3 Å². The van der Waals surface area contributed by atoms with Gasteiger partial charge in [0.15, 0.2) is 0 Å². The molecular formula is C48H45N5. The Hall–Kier alpha value is -5.85. The Morgan fingerprint density at radius 3 is 1.72 bits per heavy atom. The van der Waals surface area contributed by atoms with Crippen LogP contribution in [-0.4, -0.2) is 18.9 Å². The lowest BCUT2D eigenvalue weighted by Crippen LogP contribution is -2.45. The quantitative estimate of drug-likeness (QED) is 0.0852. The fraction of sp³-hybridized carbons (Fsp3) is 0.146. The van der Waals surface area contributed by atoms with Crippen LogP contribution in [0, 0.1) is 0 Å². The minimum atomic E-state index is -0.247. The Morgan fingerprint density at radius 2 is 1.13 bits per heavy atom. The summed E-state index contributed by atoms with van der Waals surface area (Å²) in [6.07, 6.45) is 3.88. The predicted molar refractivity (Wildman–Crippen MR) is 223 cm³/mol. The maximum absolute atomic E-state index is 5.28. The van der Waals surface area contributed by atoms with Crippen molar-refractivity contribution in [3.8, 4) is 22.3 Å². The number of amidine groups is 1. The molecule has 53 heavy (non-hydrogen) atoms. The fourth-order valence-corrected chi connectivity index (χ4v) is 7.49. The molecule has 0 spiro atoms. The standard InChI is InChI=1S/C48H45N5/c1-4-11-32(2)50-45(49-3)37-28-30-40(31-29-37)48-52-46(38-24-20-35(21-25-38)43-18-9-14-33-12-5-7-16-41(33)43)51-47(53-48)39-26-22-36(23-27-39)44-19-10-15-34-13-6-8-17-42(34)44/h4-32,45-46,48-50,52H,1-3H3,(H,51,53)/b11-4+. The molecule has 0 radical (unpaired) electrons. The number of fused-ring (bicyclic) bond motifs is 2. The molecule has 7 aromatic carbocycles. The largest absolute Gasteiger partial charge is 0.350 e. The van der Waals surface area contributed by atoms with Gasteiger partial charge in [-0.3, -0.25) is 10.6 Å². The summed E-state index contributed by atoms with van der Waals surface area (Å²) >= 11 is 0. The van der Waals surface area contributed by atoms with Gasteiger partial charge < -0.3 is 10.6 Å². The summed E-state index contributed by atoms with van der Waals surface area (Å²) in [5, 5.41) is 19.6. The first-order chi connectivity index (χ1) is 26.1. The topological polar surface area (TPSA) is 60.5 Å². The van der Waals surface area contributed by atoms with Crippen molar-refractivity contribution in [1.29, 1.82) is 0 Å². The van der Waals surface area contributed by atoms with E-state index in [1.54, 1.807) is 0 Å². The average molecular weight is 692 g/mol. The number of benzene rings is 7. The number of allylic oxidation sites excluding steroid dienone is 1. The fourth-order valence-electron chi connectivity index (χ4n) is 7.49. The van der Waals surface area contributed by atoms with Crippen LogP contribution in [-0.2, 0) is 0 Å². The van der Waals surface area contributed by atoms with Crippen LogP contribution in [0.15, 0.2) is 175 Å². The normalized spacial score (nSPS) is 17.1. The van der Waals surface area contributed by atoms with Crippen molar-refractivity contribution < 1.29 is 0 Å². The van der Waals surface area contributed by atoms with E-state index in [-0.39, 0.29) is 24.5 Å². The van der Waals surface area contributed by atoms with Crippen LogP contribution in [0.4, 0.5) is 0 Å². The van der Waals surface area contributed by atoms with E-state index >= 15 is 0 Å². The third-order valence-corrected chi connectivity index (χ3v) is 10.3. The summed E-state index contributed by atoms with van der Waals surface area (Å²) in [6.45, 7) is 4.22. The summed E-state index contributed by atoms with van der Waals surface area (Å²) in [6, 6.07) is 56.9. The summed E-state index contributed by atoms with van der Waals surface area (Å²) < 4.78 is 0. The molecule has 1 aliphatic rings. The van der Waals surface area contributed by atoms with Gasteiger partial charge in [0.25, 0.3) is 0 Å². The van der Waals surface area contributed by atoms with Gasteiger partial charge in [-0.15, -0.1) is 0 Å². The smallest absolute Gasteiger partial charge is 0.131 e. The van der Waals surface area contributed by atoms with E-state index in [0.29, 0.717) is 0 Å². The van der Waals surface area contributed by atoms with E-state index < -0.39 is 0 Å². The van der Waals surface area contributed by atoms with Crippen LogP contribution in [0.1, 0.15) is 54.6 Å². The first-order valence-corrected chi connectivity index (χ1v) is 18.5. The summed E-state index contributed by atoms with van der Waals surface area (Å²) in [5.41, 5.74) is 9.32. The van der Waals surface area contributed by atoms with E-state index in [0.717, 1.165) is 22.5 Å². The molecule has 7 aromatic rings. The number of hydrogen-bond acceptors (Lipinski definition) is 5. The van der Waals surface area contributed by atoms with Gasteiger partial charge in [-0.2, -0.15) is 0 Å². The number of nitrogens with zero attached hydrogens (tertiary/aromatic N) is 1. The lowest BCUT2D eigenvalue weighted by molar-refractivity contribution is 0.408. The zero-order valence-corrected chi connectivity index (χ0v) is 30.4. The average Bonchev–Trinajstić information content (AvgIpc) is 3.22. The van der Waals surface area contributed by atoms with Gasteiger partial charge in [-0.25, -0.2) is 4.99 Å². The van der Waals surface area contributed by atoms with Gasteiger partial charge in [-0.05, 0) is 81.4 Å². The lowest BCUT2D eigenvalue weighted by atomic mass is 9.96. The van der Waals surface area contributed by atoms with Gasteiger partial charge >= 0.3 is 0 Å². The van der Waals surface area contributed by atoms with E-state index in [9.17, 15) is 0 Å². The third-order valence-electron chi connectivity index (χ3n) is 10.3. The second-order valence-corrected chi connectivity index (χ2v) is 13.7. The van der Waals surface area contributed by atoms with Crippen molar-refractivity contribution in [3.63, 3.8) is 0 Å². The summed E-state index contributed by atoms with van der Waals surface area (Å²) in [4.78, 5) is 5.28. The molecular weight excluding hydrogens is 647 g/mol. The minimum absolute atomic E-state index is 0.0351. The number of aliphatic imine (C=N–C) groups is 1. The van der Waals surface area contributed by atoms with Crippen molar-refractivity contribution >= 4 is 27.4 Å². The number of hydrogen-bond donors (Lipinski definition) is 4. The predicted octanol–water partition coefficient (Wildman–Crippen LogP) is 10.4. The van der Waals surface area contributed by atoms with E-state index in [4.69, 9.17) is 4.99 Å². The maximum Gasteiger partial charge on any atom is 0.131 e. The maximum atomic E-state index is 5.28. The molecule has 0 saturated heterocycles. The molecule has 4 unspecified atom stereocenters. The second-order valence-electron chi connectivity index (χ2n) is 13.7. The van der Waals surface area contributed by atoms with Crippen LogP contribution in [0.2, 0.25) is 0 Å². The Morgan fingerprint density at radius 1 is 0.604 bits per heavy atom. The third kappa shape index (κ3) is 7.28. The van der Waals surface area contributed by atoms with Crippen LogP contribution >= 0.6 is 0 Å². The molecule has 4 atom stereocenters. The first-order valence-electron chi connectivity index (χ1n) is 18.5. The highest BCUT2D eigenvalue weighted by Crippen LogP contribution is 2.33. The molecule has 0 amide bonds. The SMILES string of the molecule is C/C=C/C(C)NC(NC)c1ccc(C2NC(c3ccc(-c4cccc5ccccc45)cc3)=NC(c3ccc(-c4cccc5ccccc45)cc3)N2)cc1. The summed E-state index contributed by atoms with van der Waals surface area (Å²) in [7, 11) is 1.99. The lowest BCUT2D eigenvalue weighted by Gasteiger charge is -2.32. The Kier molecular flexibility index (Phi) is 9.95. The highest BCUT2D eigenvalue weighted by atomic mass is 15.3. The number of rotatable bonds is 10. The van der Waals surface area contributed by atoms with Crippen molar-refractivity contribution in [1.82, 2.24) is 21.3 Å². The summed E-state index contributed by atoms with van der Waals surface area (Å²) in [5.74, 6) is 0.861. The molecule has 1 heterocycles. The van der Waals surface area contributed by atoms with E-state index in [1.165, 1.54) is 49.4 Å². The molecule has 8 rings (SSSR count). The molecule has 5 nitrogen and oxygen atoms in total. The minimum Gasteiger partial charge on any atom is -0.350 e. The monoisotopic (exact) mass is 691 g/mol. The molecule has 1 aliphatic heterocycles. The van der Waals surface area contributed by atoms with Crippen LogP contribution in [0.25, 0.3) is 43.8 Å². The van der Waals surface area contributed by atoms with Gasteiger partial charge in [0.05, 0.1) is 6.17 Å². The second kappa shape index (κ2) is 15.4. The van der Waals surface area contributed by atoms with Crippen LogP contribution in [0.3, 0.4) is 0 Å². The zero-order chi connectivity index (χ0) is 36.1. The van der Waals surface area contributed by atoms with E-state index in [2.05, 4.69) is 205 Å². The molecule has 0 saturated carbocycles. The molecule has 0 aromatic heterocycles. The number of nitrogens with one attached hydrogen (secondary N) is 4.